The standard InChI is InChI=1S/C26H31F3N4/c1-3-5-7-10-19-13-15-21(16-14-19)32-25-30-18-23(26(27,28)29)24(33-25)31-22-12-8-11-20(17-22)9-6-4-2/h8,11-18H,3-7,9-10H2,1-2H3,(H2,30,31,32,33). The lowest BCUT2D eigenvalue weighted by Gasteiger charge is -2.15. The van der Waals surface area contributed by atoms with Gasteiger partial charge in [0, 0.05) is 17.6 Å². The predicted octanol–water partition coefficient (Wildman–Crippen LogP) is 8.06. The summed E-state index contributed by atoms with van der Waals surface area (Å²) in [6, 6.07) is 15.2. The summed E-state index contributed by atoms with van der Waals surface area (Å²) in [5, 5.41) is 5.86. The molecule has 2 aromatic carbocycles. The molecule has 0 aliphatic carbocycles. The van der Waals surface area contributed by atoms with E-state index < -0.39 is 11.7 Å². The van der Waals surface area contributed by atoms with E-state index in [1.54, 1.807) is 6.07 Å². The zero-order chi connectivity index (χ0) is 23.7. The minimum atomic E-state index is -4.57. The van der Waals surface area contributed by atoms with Crippen LogP contribution in [-0.2, 0) is 19.0 Å². The third-order valence-corrected chi connectivity index (χ3v) is 5.38. The average Bonchev–Trinajstić information content (AvgIpc) is 2.79. The van der Waals surface area contributed by atoms with E-state index in [1.807, 2.05) is 42.5 Å². The number of hydrogen-bond donors (Lipinski definition) is 2. The van der Waals surface area contributed by atoms with E-state index in [2.05, 4.69) is 34.4 Å². The largest absolute Gasteiger partial charge is 0.421 e. The Balaban J connectivity index is 1.79. The van der Waals surface area contributed by atoms with Gasteiger partial charge in [-0.25, -0.2) is 4.98 Å². The fourth-order valence-corrected chi connectivity index (χ4v) is 3.53. The monoisotopic (exact) mass is 456 g/mol. The molecule has 2 N–H and O–H groups in total. The van der Waals surface area contributed by atoms with E-state index in [0.29, 0.717) is 5.69 Å². The van der Waals surface area contributed by atoms with Crippen molar-refractivity contribution in [3.05, 3.63) is 71.4 Å². The maximum absolute atomic E-state index is 13.6. The number of benzene rings is 2. The molecule has 0 amide bonds. The highest BCUT2D eigenvalue weighted by Crippen LogP contribution is 2.35. The SMILES string of the molecule is CCCCCc1ccc(Nc2ncc(C(F)(F)F)c(Nc3cccc(CCCC)c3)n2)cc1. The van der Waals surface area contributed by atoms with Gasteiger partial charge in [-0.3, -0.25) is 0 Å². The summed E-state index contributed by atoms with van der Waals surface area (Å²) < 4.78 is 40.8. The van der Waals surface area contributed by atoms with Crippen LogP contribution in [0.15, 0.2) is 54.7 Å². The molecule has 3 rings (SSSR count). The van der Waals surface area contributed by atoms with Gasteiger partial charge in [-0.05, 0) is 61.1 Å². The lowest BCUT2D eigenvalue weighted by atomic mass is 10.1. The second kappa shape index (κ2) is 11.7. The number of aryl methyl sites for hydroxylation is 2. The summed E-state index contributed by atoms with van der Waals surface area (Å²) in [6.07, 6.45) is 3.71. The van der Waals surface area contributed by atoms with E-state index in [1.165, 1.54) is 18.4 Å². The maximum Gasteiger partial charge on any atom is 0.421 e. The van der Waals surface area contributed by atoms with Gasteiger partial charge in [-0.2, -0.15) is 18.2 Å². The minimum absolute atomic E-state index is 0.103. The van der Waals surface area contributed by atoms with Crippen molar-refractivity contribution >= 4 is 23.1 Å². The summed E-state index contributed by atoms with van der Waals surface area (Å²) in [4.78, 5) is 8.05. The zero-order valence-electron chi connectivity index (χ0n) is 19.2. The Morgan fingerprint density at radius 1 is 0.788 bits per heavy atom. The van der Waals surface area contributed by atoms with Crippen LogP contribution in [0.1, 0.15) is 62.6 Å². The van der Waals surface area contributed by atoms with E-state index in [0.717, 1.165) is 49.6 Å². The summed E-state index contributed by atoms with van der Waals surface area (Å²) in [5.74, 6) is -0.171. The molecule has 0 fully saturated rings. The molecule has 0 radical (unpaired) electrons. The molecule has 1 aromatic heterocycles. The van der Waals surface area contributed by atoms with Gasteiger partial charge in [0.15, 0.2) is 0 Å². The molecule has 0 unspecified atom stereocenters. The molecule has 3 aromatic rings. The van der Waals surface area contributed by atoms with Crippen LogP contribution in [0.5, 0.6) is 0 Å². The van der Waals surface area contributed by atoms with Crippen LogP contribution in [0.3, 0.4) is 0 Å². The molecule has 1 heterocycles. The highest BCUT2D eigenvalue weighted by Gasteiger charge is 2.35. The van der Waals surface area contributed by atoms with Gasteiger partial charge < -0.3 is 10.6 Å². The maximum atomic E-state index is 13.6. The highest BCUT2D eigenvalue weighted by molar-refractivity contribution is 5.63. The van der Waals surface area contributed by atoms with Crippen LogP contribution >= 0.6 is 0 Å². The van der Waals surface area contributed by atoms with Crippen molar-refractivity contribution < 1.29 is 13.2 Å². The first-order chi connectivity index (χ1) is 15.9. The number of rotatable bonds is 11. The molecule has 0 aliphatic rings. The summed E-state index contributed by atoms with van der Waals surface area (Å²) in [6.45, 7) is 4.27. The van der Waals surface area contributed by atoms with Crippen LogP contribution in [0.25, 0.3) is 0 Å². The molecular formula is C26H31F3N4. The minimum Gasteiger partial charge on any atom is -0.340 e. The average molecular weight is 457 g/mol. The van der Waals surface area contributed by atoms with Crippen molar-refractivity contribution in [3.63, 3.8) is 0 Å². The van der Waals surface area contributed by atoms with Crippen molar-refractivity contribution in [1.82, 2.24) is 9.97 Å². The molecule has 0 aliphatic heterocycles. The quantitative estimate of drug-likeness (QED) is 0.287. The van der Waals surface area contributed by atoms with Gasteiger partial charge in [-0.1, -0.05) is 57.4 Å². The smallest absolute Gasteiger partial charge is 0.340 e. The molecule has 4 nitrogen and oxygen atoms in total. The molecule has 0 atom stereocenters. The molecule has 7 heteroatoms. The van der Waals surface area contributed by atoms with Crippen LogP contribution in [-0.4, -0.2) is 9.97 Å². The Bertz CT molecular complexity index is 1020. The Labute approximate surface area is 193 Å². The van der Waals surface area contributed by atoms with E-state index in [-0.39, 0.29) is 11.8 Å². The van der Waals surface area contributed by atoms with Crippen molar-refractivity contribution in [3.8, 4) is 0 Å². The second-order valence-corrected chi connectivity index (χ2v) is 8.16. The molecule has 0 bridgehead atoms. The molecule has 0 saturated heterocycles. The summed E-state index contributed by atoms with van der Waals surface area (Å²) in [5.41, 5.74) is 2.68. The Morgan fingerprint density at radius 3 is 2.21 bits per heavy atom. The van der Waals surface area contributed by atoms with Crippen molar-refractivity contribution in [2.75, 3.05) is 10.6 Å². The number of anilines is 4. The van der Waals surface area contributed by atoms with E-state index >= 15 is 0 Å². The first-order valence-corrected chi connectivity index (χ1v) is 11.5. The first-order valence-electron chi connectivity index (χ1n) is 11.5. The summed E-state index contributed by atoms with van der Waals surface area (Å²) in [7, 11) is 0. The van der Waals surface area contributed by atoms with Crippen LogP contribution < -0.4 is 10.6 Å². The number of unbranched alkanes of at least 4 members (excludes halogenated alkanes) is 3. The lowest BCUT2D eigenvalue weighted by molar-refractivity contribution is -0.137. The summed E-state index contributed by atoms with van der Waals surface area (Å²) >= 11 is 0. The molecule has 176 valence electrons. The zero-order valence-corrected chi connectivity index (χ0v) is 19.2. The Kier molecular flexibility index (Phi) is 8.69. The third kappa shape index (κ3) is 7.48. The van der Waals surface area contributed by atoms with Gasteiger partial charge >= 0.3 is 6.18 Å². The van der Waals surface area contributed by atoms with E-state index in [9.17, 15) is 13.2 Å². The molecule has 0 saturated carbocycles. The number of alkyl halides is 3. The molecular weight excluding hydrogens is 425 g/mol. The Hall–Kier alpha value is -3.09. The fourth-order valence-electron chi connectivity index (χ4n) is 3.53. The van der Waals surface area contributed by atoms with Gasteiger partial charge in [0.2, 0.25) is 5.95 Å². The number of halogens is 3. The Morgan fingerprint density at radius 2 is 1.52 bits per heavy atom. The number of aromatic nitrogens is 2. The van der Waals surface area contributed by atoms with Crippen molar-refractivity contribution in [2.45, 2.75) is 65.0 Å². The van der Waals surface area contributed by atoms with Crippen LogP contribution in [0.4, 0.5) is 36.3 Å². The first kappa shape index (κ1) is 24.6. The number of nitrogens with one attached hydrogen (secondary N) is 2. The van der Waals surface area contributed by atoms with Gasteiger partial charge in [-0.15, -0.1) is 0 Å². The predicted molar refractivity (Wildman–Crippen MR) is 128 cm³/mol. The van der Waals surface area contributed by atoms with Crippen molar-refractivity contribution in [2.24, 2.45) is 0 Å². The van der Waals surface area contributed by atoms with Gasteiger partial charge in [0.05, 0.1) is 0 Å². The molecule has 33 heavy (non-hydrogen) atoms. The number of nitrogens with zero attached hydrogens (tertiary/aromatic N) is 2. The third-order valence-electron chi connectivity index (χ3n) is 5.38. The van der Waals surface area contributed by atoms with E-state index in [4.69, 9.17) is 0 Å². The topological polar surface area (TPSA) is 49.8 Å². The van der Waals surface area contributed by atoms with Crippen LogP contribution in [0.2, 0.25) is 0 Å². The normalized spacial score (nSPS) is 11.4. The van der Waals surface area contributed by atoms with Gasteiger partial charge in [0.1, 0.15) is 11.4 Å². The number of hydrogen-bond acceptors (Lipinski definition) is 4. The van der Waals surface area contributed by atoms with Crippen LogP contribution in [0, 0.1) is 0 Å². The van der Waals surface area contributed by atoms with Crippen molar-refractivity contribution in [1.29, 1.82) is 0 Å². The lowest BCUT2D eigenvalue weighted by Crippen LogP contribution is -2.12. The van der Waals surface area contributed by atoms with Gasteiger partial charge in [0.25, 0.3) is 0 Å². The highest BCUT2D eigenvalue weighted by atomic mass is 19.4. The fraction of sp³-hybridized carbons (Fsp3) is 0.385. The molecule has 0 spiro atoms. The second-order valence-electron chi connectivity index (χ2n) is 8.16.